The zero-order valence-electron chi connectivity index (χ0n) is 12.8. The van der Waals surface area contributed by atoms with Gasteiger partial charge in [-0.1, -0.05) is 65.3 Å². The fourth-order valence-electron chi connectivity index (χ4n) is 1.81. The normalized spacial score (nSPS) is 12.1. The topological polar surface area (TPSA) is 50.7 Å². The Morgan fingerprint density at radius 3 is 2.55 bits per heavy atom. The summed E-state index contributed by atoms with van der Waals surface area (Å²) in [5.74, 6) is -0.190. The first-order chi connectivity index (χ1) is 10.6. The average Bonchev–Trinajstić information content (AvgIpc) is 2.55. The van der Waals surface area contributed by atoms with Gasteiger partial charge in [0.25, 0.3) is 5.91 Å². The van der Waals surface area contributed by atoms with E-state index in [4.69, 9.17) is 4.84 Å². The molecule has 0 unspecified atom stereocenters. The van der Waals surface area contributed by atoms with E-state index in [-0.39, 0.29) is 5.91 Å². The summed E-state index contributed by atoms with van der Waals surface area (Å²) in [6.45, 7) is 4.18. The number of hydrogen-bond acceptors (Lipinski definition) is 3. The SMILES string of the molecule is Cc1ccc(/C=N\O[C@@H](C)C(=O)NCc2ccccc2)cc1. The number of aryl methyl sites for hydroxylation is 1. The molecule has 0 saturated heterocycles. The van der Waals surface area contributed by atoms with Crippen LogP contribution >= 0.6 is 0 Å². The van der Waals surface area contributed by atoms with Crippen LogP contribution < -0.4 is 5.32 Å². The van der Waals surface area contributed by atoms with E-state index < -0.39 is 6.10 Å². The first kappa shape index (κ1) is 15.8. The van der Waals surface area contributed by atoms with Crippen LogP contribution in [-0.4, -0.2) is 18.2 Å². The summed E-state index contributed by atoms with van der Waals surface area (Å²) in [7, 11) is 0. The van der Waals surface area contributed by atoms with Crippen molar-refractivity contribution in [3.8, 4) is 0 Å². The third-order valence-electron chi connectivity index (χ3n) is 3.18. The van der Waals surface area contributed by atoms with Crippen molar-refractivity contribution >= 4 is 12.1 Å². The van der Waals surface area contributed by atoms with E-state index in [1.807, 2.05) is 61.5 Å². The van der Waals surface area contributed by atoms with Crippen molar-refractivity contribution in [3.63, 3.8) is 0 Å². The van der Waals surface area contributed by atoms with E-state index in [0.717, 1.165) is 11.1 Å². The summed E-state index contributed by atoms with van der Waals surface area (Å²) < 4.78 is 0. The van der Waals surface area contributed by atoms with Gasteiger partial charge in [0.05, 0.1) is 6.21 Å². The second-order valence-electron chi connectivity index (χ2n) is 5.10. The molecule has 0 aliphatic carbocycles. The molecule has 0 saturated carbocycles. The van der Waals surface area contributed by atoms with Crippen LogP contribution in [0, 0.1) is 6.92 Å². The Kier molecular flexibility index (Phi) is 5.72. The van der Waals surface area contributed by atoms with E-state index in [1.54, 1.807) is 13.1 Å². The lowest BCUT2D eigenvalue weighted by atomic mass is 10.2. The number of amides is 1. The number of nitrogens with zero attached hydrogens (tertiary/aromatic N) is 1. The molecule has 4 nitrogen and oxygen atoms in total. The maximum absolute atomic E-state index is 11.9. The van der Waals surface area contributed by atoms with Crippen molar-refractivity contribution in [2.45, 2.75) is 26.5 Å². The predicted octanol–water partition coefficient (Wildman–Crippen LogP) is 3.05. The zero-order valence-corrected chi connectivity index (χ0v) is 12.8. The maximum atomic E-state index is 11.9. The van der Waals surface area contributed by atoms with Crippen LogP contribution in [0.15, 0.2) is 59.8 Å². The minimum absolute atomic E-state index is 0.190. The third kappa shape index (κ3) is 5.05. The van der Waals surface area contributed by atoms with E-state index in [0.29, 0.717) is 6.54 Å². The zero-order chi connectivity index (χ0) is 15.8. The number of hydrogen-bond donors (Lipinski definition) is 1. The molecule has 22 heavy (non-hydrogen) atoms. The van der Waals surface area contributed by atoms with E-state index in [1.165, 1.54) is 5.56 Å². The van der Waals surface area contributed by atoms with Crippen LogP contribution in [0.4, 0.5) is 0 Å². The molecule has 0 aliphatic rings. The van der Waals surface area contributed by atoms with Gasteiger partial charge in [-0.3, -0.25) is 4.79 Å². The second-order valence-corrected chi connectivity index (χ2v) is 5.10. The largest absolute Gasteiger partial charge is 0.383 e. The molecule has 0 fully saturated rings. The lowest BCUT2D eigenvalue weighted by Gasteiger charge is -2.10. The van der Waals surface area contributed by atoms with Gasteiger partial charge < -0.3 is 10.2 Å². The number of rotatable bonds is 6. The summed E-state index contributed by atoms with van der Waals surface area (Å²) in [6.07, 6.45) is 0.964. The quantitative estimate of drug-likeness (QED) is 0.658. The van der Waals surface area contributed by atoms with Gasteiger partial charge in [-0.2, -0.15) is 0 Å². The van der Waals surface area contributed by atoms with Gasteiger partial charge >= 0.3 is 0 Å². The number of oxime groups is 1. The third-order valence-corrected chi connectivity index (χ3v) is 3.18. The molecule has 0 aliphatic heterocycles. The Balaban J connectivity index is 1.77. The van der Waals surface area contributed by atoms with E-state index in [2.05, 4.69) is 10.5 Å². The lowest BCUT2D eigenvalue weighted by molar-refractivity contribution is -0.131. The molecule has 2 aromatic rings. The molecule has 1 amide bonds. The van der Waals surface area contributed by atoms with E-state index in [9.17, 15) is 4.79 Å². The Labute approximate surface area is 130 Å². The smallest absolute Gasteiger partial charge is 0.263 e. The molecule has 1 atom stereocenters. The molecule has 114 valence electrons. The molecule has 2 rings (SSSR count). The summed E-state index contributed by atoms with van der Waals surface area (Å²) in [4.78, 5) is 17.1. The van der Waals surface area contributed by atoms with Crippen molar-refractivity contribution in [2.75, 3.05) is 0 Å². The highest BCUT2D eigenvalue weighted by Crippen LogP contribution is 2.02. The Bertz CT molecular complexity index is 621. The molecule has 0 spiro atoms. The minimum atomic E-state index is -0.634. The molecule has 0 heterocycles. The molecule has 0 bridgehead atoms. The standard InChI is InChI=1S/C18H20N2O2/c1-14-8-10-17(11-9-14)13-20-22-15(2)18(21)19-12-16-6-4-3-5-7-16/h3-11,13,15H,12H2,1-2H3,(H,19,21)/b20-13-/t15-/m0/s1. The van der Waals surface area contributed by atoms with Gasteiger partial charge in [-0.05, 0) is 25.0 Å². The monoisotopic (exact) mass is 296 g/mol. The van der Waals surface area contributed by atoms with Crippen LogP contribution in [0.5, 0.6) is 0 Å². The van der Waals surface area contributed by atoms with Crippen LogP contribution in [-0.2, 0) is 16.2 Å². The summed E-state index contributed by atoms with van der Waals surface area (Å²) in [5.41, 5.74) is 3.17. The highest BCUT2D eigenvalue weighted by Gasteiger charge is 2.13. The van der Waals surface area contributed by atoms with Gasteiger partial charge in [-0.15, -0.1) is 0 Å². The summed E-state index contributed by atoms with van der Waals surface area (Å²) in [6, 6.07) is 17.6. The lowest BCUT2D eigenvalue weighted by Crippen LogP contribution is -2.33. The molecule has 2 aromatic carbocycles. The van der Waals surface area contributed by atoms with Crippen molar-refractivity contribution in [1.29, 1.82) is 0 Å². The van der Waals surface area contributed by atoms with Crippen LogP contribution in [0.2, 0.25) is 0 Å². The highest BCUT2D eigenvalue weighted by atomic mass is 16.6. The van der Waals surface area contributed by atoms with Crippen molar-refractivity contribution in [3.05, 3.63) is 71.3 Å². The Hall–Kier alpha value is -2.62. The predicted molar refractivity (Wildman–Crippen MR) is 87.6 cm³/mol. The summed E-state index contributed by atoms with van der Waals surface area (Å²) >= 11 is 0. The fourth-order valence-corrected chi connectivity index (χ4v) is 1.81. The van der Waals surface area contributed by atoms with Gasteiger partial charge in [0.2, 0.25) is 6.10 Å². The molecule has 4 heteroatoms. The van der Waals surface area contributed by atoms with Crippen LogP contribution in [0.1, 0.15) is 23.6 Å². The van der Waals surface area contributed by atoms with Crippen molar-refractivity contribution in [1.82, 2.24) is 5.32 Å². The van der Waals surface area contributed by atoms with Gasteiger partial charge in [0.15, 0.2) is 0 Å². The fraction of sp³-hybridized carbons (Fsp3) is 0.222. The Morgan fingerprint density at radius 1 is 1.18 bits per heavy atom. The number of nitrogens with one attached hydrogen (secondary N) is 1. The molecule has 0 aromatic heterocycles. The van der Waals surface area contributed by atoms with Gasteiger partial charge in [-0.25, -0.2) is 0 Å². The van der Waals surface area contributed by atoms with Crippen molar-refractivity contribution < 1.29 is 9.63 Å². The molecule has 0 radical (unpaired) electrons. The van der Waals surface area contributed by atoms with Crippen LogP contribution in [0.3, 0.4) is 0 Å². The van der Waals surface area contributed by atoms with Gasteiger partial charge in [0, 0.05) is 6.54 Å². The van der Waals surface area contributed by atoms with Crippen molar-refractivity contribution in [2.24, 2.45) is 5.16 Å². The van der Waals surface area contributed by atoms with Crippen LogP contribution in [0.25, 0.3) is 0 Å². The first-order valence-corrected chi connectivity index (χ1v) is 7.22. The average molecular weight is 296 g/mol. The van der Waals surface area contributed by atoms with E-state index >= 15 is 0 Å². The first-order valence-electron chi connectivity index (χ1n) is 7.22. The number of carbonyl (C=O) groups excluding carboxylic acids is 1. The molecule has 1 N–H and O–H groups in total. The Morgan fingerprint density at radius 2 is 1.86 bits per heavy atom. The minimum Gasteiger partial charge on any atom is -0.383 e. The molecular formula is C18H20N2O2. The molecular weight excluding hydrogens is 276 g/mol. The highest BCUT2D eigenvalue weighted by molar-refractivity contribution is 5.81. The van der Waals surface area contributed by atoms with Gasteiger partial charge in [0.1, 0.15) is 0 Å². The number of benzene rings is 2. The maximum Gasteiger partial charge on any atom is 0.263 e. The second kappa shape index (κ2) is 7.98. The summed E-state index contributed by atoms with van der Waals surface area (Å²) in [5, 5.41) is 6.68. The number of carbonyl (C=O) groups is 1.